The van der Waals surface area contributed by atoms with Crippen LogP contribution in [0.3, 0.4) is 0 Å². The number of carbonyl (C=O) groups excluding carboxylic acids is 3. The smallest absolute Gasteiger partial charge is 0.242 e. The third-order valence-corrected chi connectivity index (χ3v) is 4.80. The van der Waals surface area contributed by atoms with Crippen LogP contribution in [0.5, 0.6) is 0 Å². The van der Waals surface area contributed by atoms with Crippen molar-refractivity contribution < 1.29 is 14.4 Å². The lowest BCUT2D eigenvalue weighted by atomic mass is 9.93. The largest absolute Gasteiger partial charge is 0.357 e. The summed E-state index contributed by atoms with van der Waals surface area (Å²) in [5.74, 6) is 0.223. The van der Waals surface area contributed by atoms with Crippen LogP contribution in [-0.4, -0.2) is 61.9 Å². The van der Waals surface area contributed by atoms with Gasteiger partial charge in [0.1, 0.15) is 6.04 Å². The van der Waals surface area contributed by atoms with Crippen LogP contribution < -0.4 is 16.0 Å². The van der Waals surface area contributed by atoms with E-state index in [4.69, 9.17) is 0 Å². The molecule has 2 rings (SSSR count). The van der Waals surface area contributed by atoms with E-state index in [9.17, 15) is 14.4 Å². The Morgan fingerprint density at radius 3 is 2.54 bits per heavy atom. The fraction of sp³-hybridized carbons (Fsp3) is 0.812. The topological polar surface area (TPSA) is 90.5 Å². The normalized spacial score (nSPS) is 21.0. The monoisotopic (exact) mass is 360 g/mol. The first kappa shape index (κ1) is 20.7. The highest BCUT2D eigenvalue weighted by atomic mass is 35.5. The zero-order valence-corrected chi connectivity index (χ0v) is 15.1. The lowest BCUT2D eigenvalue weighted by molar-refractivity contribution is -0.138. The van der Waals surface area contributed by atoms with Gasteiger partial charge in [0.2, 0.25) is 17.7 Å². The molecule has 0 aliphatic carbocycles. The minimum absolute atomic E-state index is 0. The predicted octanol–water partition coefficient (Wildman–Crippen LogP) is 0.0412. The molecule has 0 bridgehead atoms. The quantitative estimate of drug-likeness (QED) is 0.624. The van der Waals surface area contributed by atoms with Gasteiger partial charge in [-0.05, 0) is 51.1 Å². The Morgan fingerprint density at radius 1 is 1.17 bits per heavy atom. The van der Waals surface area contributed by atoms with E-state index in [1.165, 1.54) is 0 Å². The number of rotatable bonds is 6. The number of halogens is 1. The molecule has 0 aromatic heterocycles. The molecular weight excluding hydrogens is 332 g/mol. The van der Waals surface area contributed by atoms with Crippen molar-refractivity contribution >= 4 is 30.1 Å². The molecule has 0 aromatic rings. The van der Waals surface area contributed by atoms with Crippen molar-refractivity contribution in [3.63, 3.8) is 0 Å². The molecule has 7 nitrogen and oxygen atoms in total. The highest BCUT2D eigenvalue weighted by Gasteiger charge is 2.33. The van der Waals surface area contributed by atoms with Crippen molar-refractivity contribution in [1.82, 2.24) is 20.9 Å². The molecule has 1 unspecified atom stereocenters. The van der Waals surface area contributed by atoms with Gasteiger partial charge in [0.25, 0.3) is 0 Å². The first-order chi connectivity index (χ1) is 11.1. The lowest BCUT2D eigenvalue weighted by Gasteiger charge is -2.24. The molecular formula is C16H29ClN4O3. The average Bonchev–Trinajstić information content (AvgIpc) is 3.07. The Hall–Kier alpha value is -1.34. The third-order valence-electron chi connectivity index (χ3n) is 4.80. The molecule has 2 saturated heterocycles. The summed E-state index contributed by atoms with van der Waals surface area (Å²) in [6, 6.07) is -0.390. The number of likely N-dealkylation sites (tertiary alicyclic amines) is 1. The van der Waals surface area contributed by atoms with E-state index in [2.05, 4.69) is 16.0 Å². The van der Waals surface area contributed by atoms with Crippen LogP contribution in [0, 0.1) is 5.92 Å². The van der Waals surface area contributed by atoms with Gasteiger partial charge in [-0.15, -0.1) is 12.4 Å². The maximum absolute atomic E-state index is 12.2. The summed E-state index contributed by atoms with van der Waals surface area (Å²) in [7, 11) is 1.58. The molecule has 8 heteroatoms. The lowest BCUT2D eigenvalue weighted by Crippen LogP contribution is -2.48. The predicted molar refractivity (Wildman–Crippen MR) is 93.9 cm³/mol. The number of nitrogens with zero attached hydrogens (tertiary/aromatic N) is 1. The van der Waals surface area contributed by atoms with Gasteiger partial charge in [-0.1, -0.05) is 0 Å². The van der Waals surface area contributed by atoms with Gasteiger partial charge in [0, 0.05) is 20.0 Å². The summed E-state index contributed by atoms with van der Waals surface area (Å²) < 4.78 is 0. The molecule has 2 aliphatic heterocycles. The van der Waals surface area contributed by atoms with Gasteiger partial charge in [0.05, 0.1) is 6.54 Å². The maximum atomic E-state index is 12.2. The first-order valence-electron chi connectivity index (χ1n) is 8.60. The Kier molecular flexibility index (Phi) is 9.07. The van der Waals surface area contributed by atoms with Crippen LogP contribution >= 0.6 is 12.4 Å². The fourth-order valence-electron chi connectivity index (χ4n) is 3.37. The van der Waals surface area contributed by atoms with Crippen LogP contribution in [0.15, 0.2) is 0 Å². The maximum Gasteiger partial charge on any atom is 0.242 e. The molecule has 138 valence electrons. The molecule has 24 heavy (non-hydrogen) atoms. The molecule has 2 aliphatic rings. The Bertz CT molecular complexity index is 441. The van der Waals surface area contributed by atoms with Crippen molar-refractivity contribution in [2.75, 3.05) is 33.2 Å². The Balaban J connectivity index is 0.00000288. The zero-order chi connectivity index (χ0) is 16.7. The van der Waals surface area contributed by atoms with Crippen LogP contribution in [0.1, 0.15) is 38.5 Å². The Morgan fingerprint density at radius 2 is 1.88 bits per heavy atom. The second-order valence-electron chi connectivity index (χ2n) is 6.37. The van der Waals surface area contributed by atoms with Gasteiger partial charge < -0.3 is 20.9 Å². The van der Waals surface area contributed by atoms with Crippen molar-refractivity contribution in [3.8, 4) is 0 Å². The SMILES string of the molecule is CNC(=O)C1CCCN1C(=O)CNC(=O)CCC1CCNCC1.Cl. The van der Waals surface area contributed by atoms with E-state index in [-0.39, 0.29) is 42.7 Å². The van der Waals surface area contributed by atoms with Gasteiger partial charge >= 0.3 is 0 Å². The van der Waals surface area contributed by atoms with Crippen LogP contribution in [-0.2, 0) is 14.4 Å². The fourth-order valence-corrected chi connectivity index (χ4v) is 3.37. The Labute approximate surface area is 149 Å². The highest BCUT2D eigenvalue weighted by Crippen LogP contribution is 2.18. The summed E-state index contributed by atoms with van der Waals surface area (Å²) in [6.45, 7) is 2.63. The standard InChI is InChI=1S/C16H28N4O3.ClH/c1-17-16(23)13-3-2-10-20(13)15(22)11-19-14(21)5-4-12-6-8-18-9-7-12;/h12-13,18H,2-11H2,1H3,(H,17,23)(H,19,21);1H. The number of hydrogen-bond acceptors (Lipinski definition) is 4. The third kappa shape index (κ3) is 5.94. The summed E-state index contributed by atoms with van der Waals surface area (Å²) in [5, 5.41) is 8.60. The van der Waals surface area contributed by atoms with Crippen molar-refractivity contribution in [2.24, 2.45) is 5.92 Å². The van der Waals surface area contributed by atoms with E-state index >= 15 is 0 Å². The molecule has 0 saturated carbocycles. The van der Waals surface area contributed by atoms with Crippen molar-refractivity contribution in [3.05, 3.63) is 0 Å². The molecule has 2 heterocycles. The van der Waals surface area contributed by atoms with E-state index in [0.29, 0.717) is 25.3 Å². The number of amides is 3. The van der Waals surface area contributed by atoms with Crippen molar-refractivity contribution in [1.29, 1.82) is 0 Å². The van der Waals surface area contributed by atoms with Crippen LogP contribution in [0.25, 0.3) is 0 Å². The summed E-state index contributed by atoms with van der Waals surface area (Å²) in [5.41, 5.74) is 0. The summed E-state index contributed by atoms with van der Waals surface area (Å²) in [6.07, 6.45) is 5.10. The molecule has 3 N–H and O–H groups in total. The average molecular weight is 361 g/mol. The van der Waals surface area contributed by atoms with Crippen LogP contribution in [0.2, 0.25) is 0 Å². The number of likely N-dealkylation sites (N-methyl/N-ethyl adjacent to an activating group) is 1. The number of hydrogen-bond donors (Lipinski definition) is 3. The number of piperidine rings is 1. The van der Waals surface area contributed by atoms with E-state index < -0.39 is 0 Å². The molecule has 1 atom stereocenters. The van der Waals surface area contributed by atoms with Gasteiger partial charge in [-0.2, -0.15) is 0 Å². The van der Waals surface area contributed by atoms with E-state index in [0.717, 1.165) is 38.8 Å². The second-order valence-corrected chi connectivity index (χ2v) is 6.37. The summed E-state index contributed by atoms with van der Waals surface area (Å²) in [4.78, 5) is 37.4. The molecule has 2 fully saturated rings. The highest BCUT2D eigenvalue weighted by molar-refractivity contribution is 5.90. The number of carbonyl (C=O) groups is 3. The molecule has 3 amide bonds. The number of nitrogens with one attached hydrogen (secondary N) is 3. The summed E-state index contributed by atoms with van der Waals surface area (Å²) >= 11 is 0. The van der Waals surface area contributed by atoms with E-state index in [1.807, 2.05) is 0 Å². The second kappa shape index (κ2) is 10.5. The minimum atomic E-state index is -0.390. The van der Waals surface area contributed by atoms with Crippen molar-refractivity contribution in [2.45, 2.75) is 44.6 Å². The van der Waals surface area contributed by atoms with Crippen LogP contribution in [0.4, 0.5) is 0 Å². The van der Waals surface area contributed by atoms with Gasteiger partial charge in [-0.3, -0.25) is 14.4 Å². The van der Waals surface area contributed by atoms with Gasteiger partial charge in [-0.25, -0.2) is 0 Å². The minimum Gasteiger partial charge on any atom is -0.357 e. The molecule has 0 aromatic carbocycles. The first-order valence-corrected chi connectivity index (χ1v) is 8.60. The zero-order valence-electron chi connectivity index (χ0n) is 14.3. The molecule has 0 spiro atoms. The van der Waals surface area contributed by atoms with E-state index in [1.54, 1.807) is 11.9 Å². The molecule has 0 radical (unpaired) electrons. The van der Waals surface area contributed by atoms with Gasteiger partial charge in [0.15, 0.2) is 0 Å².